The highest BCUT2D eigenvalue weighted by Crippen LogP contribution is 2.61. The number of hydrogen-bond acceptors (Lipinski definition) is 4. The third-order valence-corrected chi connectivity index (χ3v) is 7.48. The fourth-order valence-corrected chi connectivity index (χ4v) is 5.89. The standard InChI is InChI=1S/C12H28NO2PS/c1-7-9-12(3,4)15-16(14,8-2)17-11-10-13(5)6/h7-11H2,1-6H3. The fourth-order valence-electron chi connectivity index (χ4n) is 1.57. The van der Waals surface area contributed by atoms with E-state index in [0.717, 1.165) is 25.1 Å². The van der Waals surface area contributed by atoms with Gasteiger partial charge < -0.3 is 9.42 Å². The van der Waals surface area contributed by atoms with Crippen LogP contribution in [0.4, 0.5) is 0 Å². The molecule has 0 rings (SSSR count). The molecule has 0 spiro atoms. The molecule has 0 saturated carbocycles. The van der Waals surface area contributed by atoms with E-state index in [1.165, 1.54) is 11.4 Å². The molecule has 0 saturated heterocycles. The van der Waals surface area contributed by atoms with Crippen LogP contribution in [-0.2, 0) is 9.09 Å². The van der Waals surface area contributed by atoms with E-state index in [2.05, 4.69) is 11.8 Å². The van der Waals surface area contributed by atoms with Crippen LogP contribution in [0.3, 0.4) is 0 Å². The topological polar surface area (TPSA) is 29.5 Å². The zero-order chi connectivity index (χ0) is 13.5. The normalized spacial score (nSPS) is 16.2. The van der Waals surface area contributed by atoms with Gasteiger partial charge in [-0.25, -0.2) is 0 Å². The summed E-state index contributed by atoms with van der Waals surface area (Å²) in [5, 5.41) is 0. The summed E-state index contributed by atoms with van der Waals surface area (Å²) in [6, 6.07) is 0. The van der Waals surface area contributed by atoms with Crippen molar-refractivity contribution in [3.63, 3.8) is 0 Å². The van der Waals surface area contributed by atoms with Gasteiger partial charge in [0.05, 0.1) is 5.60 Å². The molecule has 1 atom stereocenters. The molecule has 0 fully saturated rings. The molecule has 1 unspecified atom stereocenters. The van der Waals surface area contributed by atoms with Crippen LogP contribution in [0.2, 0.25) is 0 Å². The van der Waals surface area contributed by atoms with Crippen molar-refractivity contribution in [2.75, 3.05) is 32.6 Å². The van der Waals surface area contributed by atoms with Gasteiger partial charge in [0.25, 0.3) is 6.57 Å². The van der Waals surface area contributed by atoms with Gasteiger partial charge in [-0.15, -0.1) is 0 Å². The van der Waals surface area contributed by atoms with Gasteiger partial charge in [-0.1, -0.05) is 31.7 Å². The van der Waals surface area contributed by atoms with Crippen LogP contribution in [0.25, 0.3) is 0 Å². The predicted octanol–water partition coefficient (Wildman–Crippen LogP) is 4.09. The van der Waals surface area contributed by atoms with Crippen LogP contribution in [0.15, 0.2) is 0 Å². The molecule has 104 valence electrons. The summed E-state index contributed by atoms with van der Waals surface area (Å²) in [5.41, 5.74) is -0.272. The first-order chi connectivity index (χ1) is 7.74. The van der Waals surface area contributed by atoms with Crippen LogP contribution in [0.1, 0.15) is 40.5 Å². The Morgan fingerprint density at radius 3 is 2.29 bits per heavy atom. The zero-order valence-corrected chi connectivity index (χ0v) is 13.9. The van der Waals surface area contributed by atoms with Gasteiger partial charge in [0.15, 0.2) is 0 Å². The summed E-state index contributed by atoms with van der Waals surface area (Å²) in [6.45, 7) is 6.56. The molecule has 0 N–H and O–H groups in total. The summed E-state index contributed by atoms with van der Waals surface area (Å²) in [5.74, 6) is 0.861. The van der Waals surface area contributed by atoms with Crippen molar-refractivity contribution in [1.29, 1.82) is 0 Å². The van der Waals surface area contributed by atoms with Crippen molar-refractivity contribution in [3.05, 3.63) is 0 Å². The van der Waals surface area contributed by atoms with E-state index < -0.39 is 6.57 Å². The summed E-state index contributed by atoms with van der Waals surface area (Å²) in [6.07, 6.45) is 2.61. The summed E-state index contributed by atoms with van der Waals surface area (Å²) in [7, 11) is 4.05. The molecule has 0 amide bonds. The Morgan fingerprint density at radius 1 is 1.29 bits per heavy atom. The van der Waals surface area contributed by atoms with E-state index >= 15 is 0 Å². The monoisotopic (exact) mass is 281 g/mol. The first-order valence-electron chi connectivity index (χ1n) is 6.34. The molecule has 0 radical (unpaired) electrons. The Bertz CT molecular complexity index is 257. The lowest BCUT2D eigenvalue weighted by atomic mass is 10.0. The average molecular weight is 281 g/mol. The maximum Gasteiger partial charge on any atom is 0.257 e. The molecule has 0 bridgehead atoms. The van der Waals surface area contributed by atoms with Crippen LogP contribution in [-0.4, -0.2) is 43.1 Å². The van der Waals surface area contributed by atoms with Crippen molar-refractivity contribution in [2.24, 2.45) is 0 Å². The lowest BCUT2D eigenvalue weighted by molar-refractivity contribution is 0.108. The van der Waals surface area contributed by atoms with Crippen LogP contribution in [0.5, 0.6) is 0 Å². The van der Waals surface area contributed by atoms with E-state index in [9.17, 15) is 4.57 Å². The third-order valence-electron chi connectivity index (χ3n) is 2.45. The van der Waals surface area contributed by atoms with Gasteiger partial charge >= 0.3 is 0 Å². The van der Waals surface area contributed by atoms with Crippen molar-refractivity contribution >= 4 is 18.0 Å². The highest BCUT2D eigenvalue weighted by atomic mass is 32.7. The fraction of sp³-hybridized carbons (Fsp3) is 1.00. The lowest BCUT2D eigenvalue weighted by Gasteiger charge is -2.29. The smallest absolute Gasteiger partial charge is 0.257 e. The van der Waals surface area contributed by atoms with Gasteiger partial charge in [-0.3, -0.25) is 4.57 Å². The molecule has 17 heavy (non-hydrogen) atoms. The van der Waals surface area contributed by atoms with E-state index in [1.807, 2.05) is 34.9 Å². The number of nitrogens with zero attached hydrogens (tertiary/aromatic N) is 1. The maximum atomic E-state index is 12.6. The van der Waals surface area contributed by atoms with Crippen molar-refractivity contribution in [3.8, 4) is 0 Å². The predicted molar refractivity (Wildman–Crippen MR) is 79.2 cm³/mol. The van der Waals surface area contributed by atoms with Crippen LogP contribution >= 0.6 is 18.0 Å². The van der Waals surface area contributed by atoms with Gasteiger partial charge in [0.1, 0.15) is 0 Å². The molecule has 0 aromatic heterocycles. The quantitative estimate of drug-likeness (QED) is 0.595. The second-order valence-corrected chi connectivity index (χ2v) is 10.3. The maximum absolute atomic E-state index is 12.6. The molecule has 0 aliphatic carbocycles. The van der Waals surface area contributed by atoms with Crippen molar-refractivity contribution in [2.45, 2.75) is 46.1 Å². The van der Waals surface area contributed by atoms with Crippen LogP contribution < -0.4 is 0 Å². The lowest BCUT2D eigenvalue weighted by Crippen LogP contribution is -2.23. The molecule has 3 nitrogen and oxygen atoms in total. The van der Waals surface area contributed by atoms with E-state index in [-0.39, 0.29) is 5.60 Å². The Hall–Kier alpha value is 0.500. The van der Waals surface area contributed by atoms with Crippen molar-refractivity contribution in [1.82, 2.24) is 4.90 Å². The SMILES string of the molecule is CCCC(C)(C)OP(=O)(CC)SCCN(C)C. The Morgan fingerprint density at radius 2 is 1.88 bits per heavy atom. The Kier molecular flexibility index (Phi) is 8.06. The Labute approximate surface area is 111 Å². The summed E-state index contributed by atoms with van der Waals surface area (Å²) in [4.78, 5) is 2.10. The highest BCUT2D eigenvalue weighted by Gasteiger charge is 2.30. The Balaban J connectivity index is 4.32. The summed E-state index contributed by atoms with van der Waals surface area (Å²) < 4.78 is 18.5. The molecule has 0 aromatic rings. The zero-order valence-electron chi connectivity index (χ0n) is 12.2. The second-order valence-electron chi connectivity index (χ2n) is 5.16. The summed E-state index contributed by atoms with van der Waals surface area (Å²) >= 11 is 1.50. The molecule has 0 aliphatic heterocycles. The van der Waals surface area contributed by atoms with Crippen LogP contribution in [0, 0.1) is 0 Å². The van der Waals surface area contributed by atoms with E-state index in [4.69, 9.17) is 4.52 Å². The molecule has 5 heteroatoms. The molecule has 0 heterocycles. The first kappa shape index (κ1) is 17.5. The minimum absolute atomic E-state index is 0.272. The van der Waals surface area contributed by atoms with Gasteiger partial charge in [0.2, 0.25) is 0 Å². The average Bonchev–Trinajstić information content (AvgIpc) is 2.16. The highest BCUT2D eigenvalue weighted by molar-refractivity contribution is 8.56. The third kappa shape index (κ3) is 8.25. The largest absolute Gasteiger partial charge is 0.315 e. The second kappa shape index (κ2) is 7.83. The number of hydrogen-bond donors (Lipinski definition) is 0. The van der Waals surface area contributed by atoms with Gasteiger partial charge in [0, 0.05) is 18.5 Å². The first-order valence-corrected chi connectivity index (χ1v) is 9.74. The van der Waals surface area contributed by atoms with E-state index in [1.54, 1.807) is 0 Å². The molecular weight excluding hydrogens is 253 g/mol. The van der Waals surface area contributed by atoms with Gasteiger partial charge in [-0.05, 0) is 34.4 Å². The van der Waals surface area contributed by atoms with E-state index in [0.29, 0.717) is 6.16 Å². The van der Waals surface area contributed by atoms with Gasteiger partial charge in [-0.2, -0.15) is 0 Å². The van der Waals surface area contributed by atoms with Crippen molar-refractivity contribution < 1.29 is 9.09 Å². The molecule has 0 aliphatic rings. The molecular formula is C12H28NO2PS. The minimum atomic E-state index is -2.52. The number of rotatable bonds is 9. The molecule has 0 aromatic carbocycles. The minimum Gasteiger partial charge on any atom is -0.315 e.